The molecule has 0 fully saturated rings. The maximum Gasteiger partial charge on any atom is 0.336 e. The quantitative estimate of drug-likeness (QED) is 0.813. The van der Waals surface area contributed by atoms with Gasteiger partial charge in [0, 0.05) is 5.56 Å². The van der Waals surface area contributed by atoms with Gasteiger partial charge in [0.1, 0.15) is 10.7 Å². The van der Waals surface area contributed by atoms with Crippen LogP contribution in [0.3, 0.4) is 0 Å². The van der Waals surface area contributed by atoms with E-state index in [0.29, 0.717) is 0 Å². The van der Waals surface area contributed by atoms with Crippen LogP contribution in [0.1, 0.15) is 21.5 Å². The fourth-order valence-corrected chi connectivity index (χ4v) is 3.64. The largest absolute Gasteiger partial charge is 0.478 e. The zero-order valence-electron chi connectivity index (χ0n) is 10.7. The van der Waals surface area contributed by atoms with Crippen molar-refractivity contribution >= 4 is 21.5 Å². The topological polar surface area (TPSA) is 92.7 Å². The van der Waals surface area contributed by atoms with Gasteiger partial charge >= 0.3 is 5.97 Å². The first-order chi connectivity index (χ1) is 9.29. The summed E-state index contributed by atoms with van der Waals surface area (Å²) in [5, 5.41) is 9.05. The molecule has 0 aliphatic carbocycles. The van der Waals surface area contributed by atoms with Crippen LogP contribution in [0.15, 0.2) is 17.0 Å². The van der Waals surface area contributed by atoms with E-state index in [1.807, 2.05) is 0 Å². The number of nitrogens with one attached hydrogen (secondary N) is 1. The van der Waals surface area contributed by atoms with Gasteiger partial charge in [-0.1, -0.05) is 0 Å². The predicted octanol–water partition coefficient (Wildman–Crippen LogP) is 1.11. The number of hydrogen-bond donors (Lipinski definition) is 2. The highest BCUT2D eigenvalue weighted by atomic mass is 32.2. The molecule has 0 saturated heterocycles. The molecule has 1 aromatic rings. The van der Waals surface area contributed by atoms with Crippen molar-refractivity contribution in [3.05, 3.63) is 34.6 Å². The number of carbonyl (C=O) groups is 1. The summed E-state index contributed by atoms with van der Waals surface area (Å²) in [6.45, 7) is 1.42. The summed E-state index contributed by atoms with van der Waals surface area (Å²) in [4.78, 5) is 15.3. The third-order valence-electron chi connectivity index (χ3n) is 3.02. The highest BCUT2D eigenvalue weighted by Gasteiger charge is 2.32. The van der Waals surface area contributed by atoms with Gasteiger partial charge in [0.25, 0.3) is 0 Å². The molecule has 0 saturated carbocycles. The molecule has 2 N–H and O–H groups in total. The van der Waals surface area contributed by atoms with Crippen LogP contribution >= 0.6 is 0 Å². The zero-order valence-corrected chi connectivity index (χ0v) is 11.5. The number of sulfone groups is 1. The Kier molecular flexibility index (Phi) is 3.53. The lowest BCUT2D eigenvalue weighted by molar-refractivity contribution is 0.0695. The molecule has 0 radical (unpaired) electrons. The Morgan fingerprint density at radius 1 is 1.50 bits per heavy atom. The number of fused-ring (bicyclic) bond motifs is 1. The average molecular weight is 301 g/mol. The van der Waals surface area contributed by atoms with Crippen molar-refractivity contribution in [1.29, 1.82) is 0 Å². The molecular weight excluding hydrogens is 289 g/mol. The number of halogens is 1. The monoisotopic (exact) mass is 301 g/mol. The molecule has 6 nitrogen and oxygen atoms in total. The van der Waals surface area contributed by atoms with Gasteiger partial charge in [-0.25, -0.2) is 17.6 Å². The Hall–Kier alpha value is -1.93. The number of aromatic carboxylic acids is 1. The van der Waals surface area contributed by atoms with Gasteiger partial charge in [-0.15, -0.1) is 0 Å². The van der Waals surface area contributed by atoms with Crippen LogP contribution in [0.2, 0.25) is 0 Å². The SMILES string of the molecule is CONC1=CCS(=O)(=O)c2c(F)cc(C(=O)O)c(C)c21. The number of benzene rings is 1. The molecule has 8 heteroatoms. The maximum absolute atomic E-state index is 14.0. The summed E-state index contributed by atoms with van der Waals surface area (Å²) < 4.78 is 38.0. The predicted molar refractivity (Wildman–Crippen MR) is 68.3 cm³/mol. The molecule has 20 heavy (non-hydrogen) atoms. The summed E-state index contributed by atoms with van der Waals surface area (Å²) in [6, 6.07) is 0.726. The number of rotatable bonds is 3. The van der Waals surface area contributed by atoms with Gasteiger partial charge in [-0.2, -0.15) is 0 Å². The summed E-state index contributed by atoms with van der Waals surface area (Å²) >= 11 is 0. The highest BCUT2D eigenvalue weighted by molar-refractivity contribution is 7.91. The second kappa shape index (κ2) is 4.88. The van der Waals surface area contributed by atoms with E-state index in [0.717, 1.165) is 6.07 Å². The van der Waals surface area contributed by atoms with Crippen molar-refractivity contribution in [2.75, 3.05) is 12.9 Å². The van der Waals surface area contributed by atoms with Crippen molar-refractivity contribution in [3.8, 4) is 0 Å². The first-order valence-electron chi connectivity index (χ1n) is 5.58. The van der Waals surface area contributed by atoms with Crippen LogP contribution in [0.4, 0.5) is 4.39 Å². The van der Waals surface area contributed by atoms with Crippen LogP contribution < -0.4 is 5.48 Å². The Morgan fingerprint density at radius 3 is 2.70 bits per heavy atom. The van der Waals surface area contributed by atoms with Crippen molar-refractivity contribution in [3.63, 3.8) is 0 Å². The Balaban J connectivity index is 2.86. The van der Waals surface area contributed by atoms with E-state index in [9.17, 15) is 17.6 Å². The lowest BCUT2D eigenvalue weighted by Gasteiger charge is -2.22. The Labute approximate surface area is 114 Å². The molecule has 0 amide bonds. The fraction of sp³-hybridized carbons (Fsp3) is 0.250. The molecule has 0 atom stereocenters. The van der Waals surface area contributed by atoms with Crippen LogP contribution in [0, 0.1) is 12.7 Å². The molecule has 0 bridgehead atoms. The minimum Gasteiger partial charge on any atom is -0.478 e. The summed E-state index contributed by atoms with van der Waals surface area (Å²) in [7, 11) is -2.51. The van der Waals surface area contributed by atoms with Crippen LogP contribution in [0.5, 0.6) is 0 Å². The molecule has 108 valence electrons. The second-order valence-corrected chi connectivity index (χ2v) is 6.22. The molecule has 1 aromatic carbocycles. The number of hydrogen-bond acceptors (Lipinski definition) is 5. The summed E-state index contributed by atoms with van der Waals surface area (Å²) in [5.74, 6) is -2.79. The average Bonchev–Trinajstić information content (AvgIpc) is 2.35. The number of hydroxylamine groups is 1. The van der Waals surface area contributed by atoms with Crippen molar-refractivity contribution in [2.45, 2.75) is 11.8 Å². The summed E-state index contributed by atoms with van der Waals surface area (Å²) in [6.07, 6.45) is 1.32. The van der Waals surface area contributed by atoms with Crippen molar-refractivity contribution in [1.82, 2.24) is 5.48 Å². The summed E-state index contributed by atoms with van der Waals surface area (Å²) in [5.41, 5.74) is 2.55. The molecule has 0 aromatic heterocycles. The van der Waals surface area contributed by atoms with Crippen LogP contribution in [0.25, 0.3) is 5.70 Å². The van der Waals surface area contributed by atoms with Gasteiger partial charge < -0.3 is 5.11 Å². The normalized spacial score (nSPS) is 16.2. The highest BCUT2D eigenvalue weighted by Crippen LogP contribution is 2.34. The van der Waals surface area contributed by atoms with E-state index in [1.54, 1.807) is 0 Å². The molecule has 0 spiro atoms. The maximum atomic E-state index is 14.0. The van der Waals surface area contributed by atoms with E-state index in [2.05, 4.69) is 5.48 Å². The van der Waals surface area contributed by atoms with Crippen molar-refractivity contribution < 1.29 is 27.5 Å². The molecule has 2 rings (SSSR count). The van der Waals surface area contributed by atoms with Gasteiger partial charge in [-0.3, -0.25) is 10.3 Å². The third-order valence-corrected chi connectivity index (χ3v) is 4.65. The minimum atomic E-state index is -3.83. The molecule has 1 aliphatic rings. The fourth-order valence-electron chi connectivity index (χ4n) is 2.16. The van der Waals surface area contributed by atoms with Crippen molar-refractivity contribution in [2.24, 2.45) is 0 Å². The first-order valence-corrected chi connectivity index (χ1v) is 7.23. The standard InChI is InChI=1S/C12H12FNO5S/c1-6-7(12(15)16)5-8(13)11-10(6)9(14-19-2)3-4-20(11,17)18/h3,5,14H,4H2,1-2H3,(H,15,16). The van der Waals surface area contributed by atoms with E-state index >= 15 is 0 Å². The smallest absolute Gasteiger partial charge is 0.336 e. The van der Waals surface area contributed by atoms with E-state index < -0.39 is 26.5 Å². The molecule has 0 unspecified atom stereocenters. The van der Waals surface area contributed by atoms with Gasteiger partial charge in [0.15, 0.2) is 9.84 Å². The lowest BCUT2D eigenvalue weighted by Crippen LogP contribution is -2.23. The third kappa shape index (κ3) is 2.16. The van der Waals surface area contributed by atoms with Crippen LogP contribution in [-0.4, -0.2) is 32.4 Å². The molecule has 1 aliphatic heterocycles. The lowest BCUT2D eigenvalue weighted by atomic mass is 9.99. The van der Waals surface area contributed by atoms with Gasteiger partial charge in [-0.05, 0) is 24.6 Å². The minimum absolute atomic E-state index is 0.00417. The Morgan fingerprint density at radius 2 is 2.15 bits per heavy atom. The first kappa shape index (κ1) is 14.5. The van der Waals surface area contributed by atoms with E-state index in [1.165, 1.54) is 20.1 Å². The zero-order chi connectivity index (χ0) is 15.1. The van der Waals surface area contributed by atoms with E-state index in [4.69, 9.17) is 9.94 Å². The van der Waals surface area contributed by atoms with Gasteiger partial charge in [0.05, 0.1) is 24.1 Å². The second-order valence-electron chi connectivity index (χ2n) is 4.25. The molecule has 1 heterocycles. The molecular formula is C12H12FNO5S. The van der Waals surface area contributed by atoms with Crippen LogP contribution in [-0.2, 0) is 14.7 Å². The Bertz CT molecular complexity index is 724. The number of carboxylic acid groups (broad SMARTS) is 1. The van der Waals surface area contributed by atoms with Gasteiger partial charge in [0.2, 0.25) is 0 Å². The number of carboxylic acids is 1. The van der Waals surface area contributed by atoms with E-state index in [-0.39, 0.29) is 28.1 Å².